The number of aliphatic hydroxyl groups excluding tert-OH is 3. The van der Waals surface area contributed by atoms with E-state index in [-0.39, 0.29) is 17.4 Å². The van der Waals surface area contributed by atoms with Gasteiger partial charge in [-0.15, -0.1) is 0 Å². The zero-order chi connectivity index (χ0) is 33.2. The van der Waals surface area contributed by atoms with Crippen LogP contribution in [0.1, 0.15) is 42.4 Å². The molecule has 46 heavy (non-hydrogen) atoms. The highest BCUT2D eigenvalue weighted by Gasteiger charge is 2.68. The molecule has 3 aliphatic carbocycles. The standard InChI is InChI=1S/C34H40N4O8/c1-16-19-9-10-20(36-18-11-13-38(14-12-18)15-17-7-5-4-6-8-17)27(39)22(19)28(40)23-21(16)29(41)25-26(37(2)3)30(42)24(33(35)45)32(44)34(25,46)31(23)43/h4-10,16,18,21,25-26,29,36,39-41,44,46H,11-15H2,1-3H3,(H2,35,45). The number of aliphatic hydroxyl groups is 4. The Morgan fingerprint density at radius 1 is 1.07 bits per heavy atom. The van der Waals surface area contributed by atoms with Gasteiger partial charge in [0.15, 0.2) is 11.4 Å². The van der Waals surface area contributed by atoms with Crippen LogP contribution in [0.25, 0.3) is 5.76 Å². The number of benzene rings is 2. The maximum Gasteiger partial charge on any atom is 0.255 e. The molecule has 0 radical (unpaired) electrons. The Hall–Kier alpha value is -4.23. The van der Waals surface area contributed by atoms with Gasteiger partial charge in [-0.1, -0.05) is 43.3 Å². The summed E-state index contributed by atoms with van der Waals surface area (Å²) >= 11 is 0. The number of amides is 1. The van der Waals surface area contributed by atoms with Crippen LogP contribution in [0.4, 0.5) is 5.69 Å². The lowest BCUT2D eigenvalue weighted by molar-refractivity contribution is -0.169. The first-order valence-corrected chi connectivity index (χ1v) is 15.5. The van der Waals surface area contributed by atoms with Gasteiger partial charge in [-0.25, -0.2) is 0 Å². The maximum atomic E-state index is 14.2. The third-order valence-electron chi connectivity index (χ3n) is 10.3. The number of anilines is 1. The highest BCUT2D eigenvalue weighted by atomic mass is 16.4. The van der Waals surface area contributed by atoms with Crippen molar-refractivity contribution in [3.05, 3.63) is 76.1 Å². The van der Waals surface area contributed by atoms with Crippen molar-refractivity contribution in [1.29, 1.82) is 0 Å². The number of aromatic hydroxyl groups is 1. The molecule has 1 saturated carbocycles. The average molecular weight is 633 g/mol. The number of hydrogen-bond acceptors (Lipinski definition) is 11. The molecule has 244 valence electrons. The van der Waals surface area contributed by atoms with Gasteiger partial charge in [-0.2, -0.15) is 0 Å². The lowest BCUT2D eigenvalue weighted by atomic mass is 9.54. The van der Waals surface area contributed by atoms with Gasteiger partial charge in [-0.3, -0.25) is 24.2 Å². The van der Waals surface area contributed by atoms with Gasteiger partial charge in [0, 0.05) is 37.2 Å². The molecule has 0 aromatic heterocycles. The summed E-state index contributed by atoms with van der Waals surface area (Å²) in [6, 6.07) is 12.3. The van der Waals surface area contributed by atoms with Gasteiger partial charge in [-0.05, 0) is 50.0 Å². The first-order valence-electron chi connectivity index (χ1n) is 15.5. The zero-order valence-corrected chi connectivity index (χ0v) is 26.0. The number of nitrogens with zero attached hydrogens (tertiary/aromatic N) is 2. The van der Waals surface area contributed by atoms with Crippen molar-refractivity contribution < 1.29 is 39.9 Å². The first kappa shape index (κ1) is 31.7. The van der Waals surface area contributed by atoms with E-state index in [4.69, 9.17) is 5.73 Å². The fourth-order valence-electron chi connectivity index (χ4n) is 8.03. The normalized spacial score (nSPS) is 30.3. The summed E-state index contributed by atoms with van der Waals surface area (Å²) in [7, 11) is 2.95. The van der Waals surface area contributed by atoms with Crippen LogP contribution >= 0.6 is 0 Å². The number of likely N-dealkylation sites (N-methyl/N-ethyl adjacent to an activating group) is 1. The molecular formula is C34H40N4O8. The Morgan fingerprint density at radius 3 is 2.33 bits per heavy atom. The Morgan fingerprint density at radius 2 is 1.72 bits per heavy atom. The number of rotatable bonds is 6. The number of primary amides is 1. The van der Waals surface area contributed by atoms with Gasteiger partial charge in [0.05, 0.1) is 29.3 Å². The largest absolute Gasteiger partial charge is 0.508 e. The molecule has 8 N–H and O–H groups in total. The van der Waals surface area contributed by atoms with E-state index in [9.17, 15) is 39.9 Å². The van der Waals surface area contributed by atoms with E-state index in [1.54, 1.807) is 19.1 Å². The topological polar surface area (TPSA) is 197 Å². The number of nitrogens with two attached hydrogens (primary N) is 1. The number of carbonyl (C=O) groups excluding carboxylic acids is 3. The van der Waals surface area contributed by atoms with Gasteiger partial charge in [0.25, 0.3) is 5.91 Å². The molecule has 2 aromatic rings. The summed E-state index contributed by atoms with van der Waals surface area (Å²) in [6.07, 6.45) is -0.00169. The van der Waals surface area contributed by atoms with Crippen LogP contribution in [-0.2, 0) is 20.9 Å². The van der Waals surface area contributed by atoms with Crippen LogP contribution in [0.5, 0.6) is 5.75 Å². The molecule has 6 rings (SSSR count). The second-order valence-corrected chi connectivity index (χ2v) is 13.2. The van der Waals surface area contributed by atoms with Crippen molar-refractivity contribution in [1.82, 2.24) is 9.80 Å². The predicted octanol–water partition coefficient (Wildman–Crippen LogP) is 1.57. The lowest BCUT2D eigenvalue weighted by Crippen LogP contribution is -2.70. The molecule has 6 atom stereocenters. The van der Waals surface area contributed by atoms with E-state index < -0.39 is 75.6 Å². The number of Topliss-reactive ketones (excluding diaryl/α,β-unsaturated/α-hetero) is 2. The van der Waals surface area contributed by atoms with E-state index in [0.717, 1.165) is 32.5 Å². The number of piperidine rings is 1. The Balaban J connectivity index is 1.34. The number of likely N-dealkylation sites (tertiary alicyclic amines) is 1. The molecule has 1 saturated heterocycles. The minimum absolute atomic E-state index is 0.0255. The fraction of sp³-hybridized carbons (Fsp3) is 0.441. The molecule has 1 aliphatic heterocycles. The van der Waals surface area contributed by atoms with E-state index in [0.29, 0.717) is 11.3 Å². The average Bonchev–Trinajstić information content (AvgIpc) is 3.01. The smallest absolute Gasteiger partial charge is 0.255 e. The van der Waals surface area contributed by atoms with E-state index >= 15 is 0 Å². The second kappa shape index (κ2) is 11.5. The number of carbonyl (C=O) groups is 3. The third-order valence-corrected chi connectivity index (χ3v) is 10.3. The molecule has 0 bridgehead atoms. The van der Waals surface area contributed by atoms with Crippen LogP contribution in [0.15, 0.2) is 59.4 Å². The van der Waals surface area contributed by atoms with Gasteiger partial charge < -0.3 is 36.6 Å². The molecule has 2 aromatic carbocycles. The molecule has 2 fully saturated rings. The van der Waals surface area contributed by atoms with Crippen LogP contribution in [-0.4, -0.2) is 104 Å². The summed E-state index contributed by atoms with van der Waals surface area (Å²) in [5.41, 5.74) is 3.13. The number of ketones is 2. The Labute approximate surface area is 266 Å². The fourth-order valence-corrected chi connectivity index (χ4v) is 8.03. The van der Waals surface area contributed by atoms with Gasteiger partial charge in [0.1, 0.15) is 22.8 Å². The minimum atomic E-state index is -2.94. The van der Waals surface area contributed by atoms with Gasteiger partial charge >= 0.3 is 0 Å². The van der Waals surface area contributed by atoms with Gasteiger partial charge in [0.2, 0.25) is 5.78 Å². The summed E-state index contributed by atoms with van der Waals surface area (Å²) in [4.78, 5) is 43.5. The molecule has 12 heteroatoms. The zero-order valence-electron chi connectivity index (χ0n) is 26.0. The van der Waals surface area contributed by atoms with Crippen LogP contribution in [0.3, 0.4) is 0 Å². The van der Waals surface area contributed by atoms with Crippen LogP contribution in [0.2, 0.25) is 0 Å². The summed E-state index contributed by atoms with van der Waals surface area (Å²) in [5.74, 6) is -9.00. The number of nitrogens with one attached hydrogen (secondary N) is 1. The van der Waals surface area contributed by atoms with Crippen molar-refractivity contribution in [2.24, 2.45) is 17.6 Å². The molecule has 0 spiro atoms. The molecule has 1 heterocycles. The van der Waals surface area contributed by atoms with Crippen molar-refractivity contribution in [3.8, 4) is 5.75 Å². The van der Waals surface area contributed by atoms with Crippen molar-refractivity contribution >= 4 is 28.9 Å². The van der Waals surface area contributed by atoms with Crippen LogP contribution < -0.4 is 11.1 Å². The number of fused-ring (bicyclic) bond motifs is 3. The quantitative estimate of drug-likeness (QED) is 0.180. The summed E-state index contributed by atoms with van der Waals surface area (Å²) in [6.45, 7) is 4.25. The first-order chi connectivity index (χ1) is 21.8. The van der Waals surface area contributed by atoms with Crippen molar-refractivity contribution in [2.45, 2.75) is 56.0 Å². The molecule has 6 unspecified atom stereocenters. The summed E-state index contributed by atoms with van der Waals surface area (Å²) in [5, 5.41) is 61.2. The molecule has 12 nitrogen and oxygen atoms in total. The van der Waals surface area contributed by atoms with E-state index in [1.165, 1.54) is 24.6 Å². The third kappa shape index (κ3) is 4.70. The monoisotopic (exact) mass is 632 g/mol. The van der Waals surface area contributed by atoms with E-state index in [1.807, 2.05) is 18.2 Å². The van der Waals surface area contributed by atoms with Crippen molar-refractivity contribution in [2.75, 3.05) is 32.5 Å². The molecular weight excluding hydrogens is 592 g/mol. The van der Waals surface area contributed by atoms with Crippen LogP contribution in [0, 0.1) is 11.8 Å². The number of phenolic OH excluding ortho intramolecular Hbond substituents is 1. The van der Waals surface area contributed by atoms with Crippen molar-refractivity contribution in [3.63, 3.8) is 0 Å². The molecule has 4 aliphatic rings. The predicted molar refractivity (Wildman–Crippen MR) is 169 cm³/mol. The Bertz CT molecular complexity index is 1660. The van der Waals surface area contributed by atoms with E-state index in [2.05, 4.69) is 22.3 Å². The summed E-state index contributed by atoms with van der Waals surface area (Å²) < 4.78 is 0. The number of hydrogen-bond donors (Lipinski definition) is 7. The Kier molecular flexibility index (Phi) is 7.96. The number of phenols is 1. The highest BCUT2D eigenvalue weighted by Crippen LogP contribution is 2.56. The minimum Gasteiger partial charge on any atom is -0.508 e. The molecule has 1 amide bonds. The maximum absolute atomic E-state index is 14.2. The highest BCUT2D eigenvalue weighted by molar-refractivity contribution is 6.24. The lowest BCUT2D eigenvalue weighted by Gasteiger charge is -2.53. The SMILES string of the molecule is CC1c2ccc(NC3CCN(Cc4ccccc4)CC3)c(O)c2C(O)=C2C(=O)C3(O)C(O)=C(C(N)=O)C(=O)C(N(C)C)C3C(O)C21. The second-order valence-electron chi connectivity index (χ2n) is 13.2.